The van der Waals surface area contributed by atoms with Gasteiger partial charge in [0, 0.05) is 18.8 Å². The van der Waals surface area contributed by atoms with Crippen molar-refractivity contribution in [3.63, 3.8) is 0 Å². The van der Waals surface area contributed by atoms with Crippen LogP contribution in [0.4, 0.5) is 11.4 Å². The van der Waals surface area contributed by atoms with Crippen LogP contribution < -0.4 is 9.62 Å². The van der Waals surface area contributed by atoms with E-state index in [4.69, 9.17) is 9.47 Å². The van der Waals surface area contributed by atoms with E-state index in [0.29, 0.717) is 37.7 Å². The van der Waals surface area contributed by atoms with E-state index in [1.54, 1.807) is 38.1 Å². The van der Waals surface area contributed by atoms with Crippen LogP contribution in [0.2, 0.25) is 0 Å². The second-order valence-corrected chi connectivity index (χ2v) is 7.27. The average Bonchev–Trinajstić information content (AvgIpc) is 2.54. The molecule has 0 aliphatic rings. The van der Waals surface area contributed by atoms with E-state index in [2.05, 4.69) is 4.72 Å². The quantitative estimate of drug-likeness (QED) is 0.578. The van der Waals surface area contributed by atoms with E-state index in [1.807, 2.05) is 4.90 Å². The van der Waals surface area contributed by atoms with E-state index in [0.717, 1.165) is 6.26 Å². The lowest BCUT2D eigenvalue weighted by Crippen LogP contribution is -2.29. The monoisotopic (exact) mass is 386 g/mol. The zero-order valence-corrected chi connectivity index (χ0v) is 16.2. The third-order valence-electron chi connectivity index (χ3n) is 3.30. The molecule has 0 atom stereocenters. The van der Waals surface area contributed by atoms with Crippen molar-refractivity contribution >= 4 is 33.3 Å². The van der Waals surface area contributed by atoms with Gasteiger partial charge in [0.15, 0.2) is 0 Å². The van der Waals surface area contributed by atoms with Crippen LogP contribution in [0.15, 0.2) is 24.3 Å². The number of rotatable bonds is 11. The maximum absolute atomic E-state index is 11.6. The summed E-state index contributed by atoms with van der Waals surface area (Å²) in [5, 5.41) is 0. The molecule has 0 saturated carbocycles. The van der Waals surface area contributed by atoms with Crippen molar-refractivity contribution in [2.24, 2.45) is 0 Å². The minimum absolute atomic E-state index is 0.153. The van der Waals surface area contributed by atoms with Gasteiger partial charge in [0.05, 0.1) is 38.0 Å². The standard InChI is InChI=1S/C17H26N2O6S/c1-4-24-16(20)9-11-19(12-10-17(21)25-5-2)15-8-6-7-14(13-15)18-26(3,22)23/h6-8,13,18H,4-5,9-12H2,1-3H3. The maximum Gasteiger partial charge on any atom is 0.307 e. The number of hydrogen-bond acceptors (Lipinski definition) is 7. The van der Waals surface area contributed by atoms with Gasteiger partial charge in [-0.2, -0.15) is 0 Å². The second kappa shape index (κ2) is 10.6. The molecule has 0 amide bonds. The molecule has 0 aliphatic carbocycles. The number of esters is 2. The number of carbonyl (C=O) groups is 2. The third-order valence-corrected chi connectivity index (χ3v) is 3.90. The van der Waals surface area contributed by atoms with E-state index < -0.39 is 10.0 Å². The lowest BCUT2D eigenvalue weighted by atomic mass is 10.2. The zero-order valence-electron chi connectivity index (χ0n) is 15.4. The highest BCUT2D eigenvalue weighted by Crippen LogP contribution is 2.21. The molecule has 8 nitrogen and oxygen atoms in total. The van der Waals surface area contributed by atoms with Crippen LogP contribution in [0, 0.1) is 0 Å². The van der Waals surface area contributed by atoms with Crippen molar-refractivity contribution in [3.8, 4) is 0 Å². The Bertz CT molecular complexity index is 683. The molecule has 0 aliphatic heterocycles. The van der Waals surface area contributed by atoms with Crippen LogP contribution in [0.5, 0.6) is 0 Å². The van der Waals surface area contributed by atoms with Crippen LogP contribution in [-0.4, -0.2) is 52.9 Å². The number of carbonyl (C=O) groups excluding carboxylic acids is 2. The fourth-order valence-corrected chi connectivity index (χ4v) is 2.82. The lowest BCUT2D eigenvalue weighted by molar-refractivity contribution is -0.143. The first-order valence-corrected chi connectivity index (χ1v) is 10.3. The predicted octanol–water partition coefficient (Wildman–Crippen LogP) is 1.77. The van der Waals surface area contributed by atoms with Gasteiger partial charge >= 0.3 is 11.9 Å². The van der Waals surface area contributed by atoms with Crippen LogP contribution in [0.3, 0.4) is 0 Å². The third kappa shape index (κ3) is 8.70. The highest BCUT2D eigenvalue weighted by Gasteiger charge is 2.14. The first-order valence-electron chi connectivity index (χ1n) is 8.39. The smallest absolute Gasteiger partial charge is 0.307 e. The van der Waals surface area contributed by atoms with Crippen LogP contribution in [0.1, 0.15) is 26.7 Å². The Labute approximate surface area is 154 Å². The highest BCUT2D eigenvalue weighted by atomic mass is 32.2. The van der Waals surface area contributed by atoms with Gasteiger partial charge in [-0.3, -0.25) is 14.3 Å². The van der Waals surface area contributed by atoms with Crippen molar-refractivity contribution in [2.75, 3.05) is 42.2 Å². The normalized spacial score (nSPS) is 10.9. The van der Waals surface area contributed by atoms with Gasteiger partial charge in [0.2, 0.25) is 10.0 Å². The summed E-state index contributed by atoms with van der Waals surface area (Å²) in [5.41, 5.74) is 1.09. The fourth-order valence-electron chi connectivity index (χ4n) is 2.27. The molecule has 0 heterocycles. The Morgan fingerprint density at radius 2 is 1.58 bits per heavy atom. The number of sulfonamides is 1. The highest BCUT2D eigenvalue weighted by molar-refractivity contribution is 7.92. The van der Waals surface area contributed by atoms with Gasteiger partial charge in [0.1, 0.15) is 0 Å². The van der Waals surface area contributed by atoms with Gasteiger partial charge < -0.3 is 14.4 Å². The summed E-state index contributed by atoms with van der Waals surface area (Å²) in [4.78, 5) is 25.1. The number of nitrogens with zero attached hydrogens (tertiary/aromatic N) is 1. The molecule has 0 bridgehead atoms. The molecule has 1 aromatic rings. The summed E-state index contributed by atoms with van der Waals surface area (Å²) >= 11 is 0. The van der Waals surface area contributed by atoms with Crippen LogP contribution in [0.25, 0.3) is 0 Å². The molecular weight excluding hydrogens is 360 g/mol. The molecule has 0 fully saturated rings. The second-order valence-electron chi connectivity index (χ2n) is 5.52. The SMILES string of the molecule is CCOC(=O)CCN(CCC(=O)OCC)c1cccc(NS(C)(=O)=O)c1. The summed E-state index contributed by atoms with van der Waals surface area (Å²) in [6.45, 7) is 4.74. The van der Waals surface area contributed by atoms with Crippen molar-refractivity contribution in [1.29, 1.82) is 0 Å². The van der Waals surface area contributed by atoms with Crippen molar-refractivity contribution in [3.05, 3.63) is 24.3 Å². The van der Waals surface area contributed by atoms with Crippen LogP contribution >= 0.6 is 0 Å². The number of nitrogens with one attached hydrogen (secondary N) is 1. The van der Waals surface area contributed by atoms with Gasteiger partial charge in [-0.1, -0.05) is 6.07 Å². The minimum Gasteiger partial charge on any atom is -0.466 e. The minimum atomic E-state index is -3.40. The molecule has 146 valence electrons. The summed E-state index contributed by atoms with van der Waals surface area (Å²) in [7, 11) is -3.40. The summed E-state index contributed by atoms with van der Waals surface area (Å²) in [5.74, 6) is -0.668. The molecule has 0 aromatic heterocycles. The lowest BCUT2D eigenvalue weighted by Gasteiger charge is -2.24. The zero-order chi connectivity index (χ0) is 19.6. The van der Waals surface area contributed by atoms with Gasteiger partial charge in [-0.15, -0.1) is 0 Å². The van der Waals surface area contributed by atoms with Gasteiger partial charge in [-0.25, -0.2) is 8.42 Å². The van der Waals surface area contributed by atoms with Crippen molar-refractivity contribution < 1.29 is 27.5 Å². The molecule has 0 spiro atoms. The first-order chi connectivity index (χ1) is 12.2. The number of anilines is 2. The summed E-state index contributed by atoms with van der Waals surface area (Å²) in [6, 6.07) is 6.76. The Hall–Kier alpha value is -2.29. The van der Waals surface area contributed by atoms with E-state index in [1.165, 1.54) is 0 Å². The average molecular weight is 386 g/mol. The Morgan fingerprint density at radius 3 is 2.04 bits per heavy atom. The molecule has 9 heteroatoms. The molecule has 26 heavy (non-hydrogen) atoms. The maximum atomic E-state index is 11.6. The topological polar surface area (TPSA) is 102 Å². The van der Waals surface area contributed by atoms with E-state index in [-0.39, 0.29) is 24.8 Å². The van der Waals surface area contributed by atoms with E-state index in [9.17, 15) is 18.0 Å². The molecule has 1 N–H and O–H groups in total. The molecule has 0 radical (unpaired) electrons. The van der Waals surface area contributed by atoms with Gasteiger partial charge in [-0.05, 0) is 32.0 Å². The molecule has 1 rings (SSSR count). The molecular formula is C17H26N2O6S. The fraction of sp³-hybridized carbons (Fsp3) is 0.529. The summed E-state index contributed by atoms with van der Waals surface area (Å²) in [6.07, 6.45) is 1.37. The Balaban J connectivity index is 2.89. The largest absolute Gasteiger partial charge is 0.466 e. The molecule has 0 saturated heterocycles. The summed E-state index contributed by atoms with van der Waals surface area (Å²) < 4.78 is 35.1. The van der Waals surface area contributed by atoms with E-state index >= 15 is 0 Å². The molecule has 1 aromatic carbocycles. The van der Waals surface area contributed by atoms with Crippen molar-refractivity contribution in [1.82, 2.24) is 0 Å². The number of ether oxygens (including phenoxy) is 2. The first kappa shape index (κ1) is 21.8. The van der Waals surface area contributed by atoms with Crippen molar-refractivity contribution in [2.45, 2.75) is 26.7 Å². The molecule has 0 unspecified atom stereocenters. The Morgan fingerprint density at radius 1 is 1.04 bits per heavy atom. The predicted molar refractivity (Wildman–Crippen MR) is 99.6 cm³/mol. The number of hydrogen-bond donors (Lipinski definition) is 1. The van der Waals surface area contributed by atoms with Crippen LogP contribution in [-0.2, 0) is 29.1 Å². The Kier molecular flexibility index (Phi) is 8.91. The van der Waals surface area contributed by atoms with Gasteiger partial charge in [0.25, 0.3) is 0 Å². The number of benzene rings is 1.